The molecular formula is C17H16BrFN2O3. The summed E-state index contributed by atoms with van der Waals surface area (Å²) in [5.41, 5.74) is 3.80. The molecule has 0 spiro atoms. The van der Waals surface area contributed by atoms with Gasteiger partial charge in [0.05, 0.1) is 31.3 Å². The predicted molar refractivity (Wildman–Crippen MR) is 93.1 cm³/mol. The number of carbonyl (C=O) groups excluding carboxylic acids is 1. The SMILES string of the molecule is COc1cc(OC)c(/C=N/NC(=O)Cc2ccc(F)cc2)cc1Br. The summed E-state index contributed by atoms with van der Waals surface area (Å²) in [6.07, 6.45) is 1.59. The van der Waals surface area contributed by atoms with Crippen LogP contribution >= 0.6 is 15.9 Å². The van der Waals surface area contributed by atoms with Gasteiger partial charge in [0.25, 0.3) is 0 Å². The van der Waals surface area contributed by atoms with Gasteiger partial charge in [0.1, 0.15) is 17.3 Å². The van der Waals surface area contributed by atoms with Crippen molar-refractivity contribution in [3.8, 4) is 11.5 Å². The van der Waals surface area contributed by atoms with E-state index in [0.29, 0.717) is 22.6 Å². The number of ether oxygens (including phenoxy) is 2. The zero-order valence-electron chi connectivity index (χ0n) is 13.2. The van der Waals surface area contributed by atoms with Crippen molar-refractivity contribution in [2.45, 2.75) is 6.42 Å². The molecule has 2 aromatic rings. The molecule has 0 aliphatic heterocycles. The van der Waals surface area contributed by atoms with Crippen LogP contribution in [0, 0.1) is 5.82 Å². The van der Waals surface area contributed by atoms with Crippen molar-refractivity contribution in [2.75, 3.05) is 14.2 Å². The van der Waals surface area contributed by atoms with E-state index in [2.05, 4.69) is 26.5 Å². The fraction of sp³-hybridized carbons (Fsp3) is 0.176. The highest BCUT2D eigenvalue weighted by Crippen LogP contribution is 2.31. The van der Waals surface area contributed by atoms with Gasteiger partial charge in [0, 0.05) is 11.6 Å². The number of hydrazone groups is 1. The van der Waals surface area contributed by atoms with Crippen LogP contribution in [0.25, 0.3) is 0 Å². The second-order valence-electron chi connectivity index (χ2n) is 4.83. The number of nitrogens with one attached hydrogen (secondary N) is 1. The molecule has 7 heteroatoms. The fourth-order valence-electron chi connectivity index (χ4n) is 1.99. The molecule has 0 fully saturated rings. The van der Waals surface area contributed by atoms with E-state index >= 15 is 0 Å². The number of halogens is 2. The number of rotatable bonds is 6. The molecule has 0 saturated heterocycles. The number of nitrogens with zero attached hydrogens (tertiary/aromatic N) is 1. The zero-order valence-corrected chi connectivity index (χ0v) is 14.8. The van der Waals surface area contributed by atoms with Crippen molar-refractivity contribution in [3.05, 3.63) is 57.8 Å². The third-order valence-electron chi connectivity index (χ3n) is 3.17. The summed E-state index contributed by atoms with van der Waals surface area (Å²) in [7, 11) is 3.09. The summed E-state index contributed by atoms with van der Waals surface area (Å²) in [6, 6.07) is 9.22. The Labute approximate surface area is 147 Å². The summed E-state index contributed by atoms with van der Waals surface area (Å²) in [5, 5.41) is 3.92. The largest absolute Gasteiger partial charge is 0.496 e. The van der Waals surface area contributed by atoms with Crippen molar-refractivity contribution in [3.63, 3.8) is 0 Å². The quantitative estimate of drug-likeness (QED) is 0.603. The minimum Gasteiger partial charge on any atom is -0.496 e. The van der Waals surface area contributed by atoms with Gasteiger partial charge in [-0.15, -0.1) is 0 Å². The molecule has 1 amide bonds. The molecular weight excluding hydrogens is 379 g/mol. The van der Waals surface area contributed by atoms with Crippen molar-refractivity contribution in [1.29, 1.82) is 0 Å². The van der Waals surface area contributed by atoms with Crippen LogP contribution in [0.4, 0.5) is 4.39 Å². The Bertz CT molecular complexity index is 748. The van der Waals surface area contributed by atoms with Gasteiger partial charge in [-0.3, -0.25) is 4.79 Å². The first kappa shape index (κ1) is 17.9. The lowest BCUT2D eigenvalue weighted by molar-refractivity contribution is -0.120. The van der Waals surface area contributed by atoms with E-state index in [4.69, 9.17) is 9.47 Å². The van der Waals surface area contributed by atoms with Crippen LogP contribution in [0.5, 0.6) is 11.5 Å². The van der Waals surface area contributed by atoms with Crippen LogP contribution < -0.4 is 14.9 Å². The Morgan fingerprint density at radius 3 is 2.50 bits per heavy atom. The average Bonchev–Trinajstić information content (AvgIpc) is 2.57. The van der Waals surface area contributed by atoms with E-state index in [0.717, 1.165) is 4.47 Å². The lowest BCUT2D eigenvalue weighted by atomic mass is 10.1. The minimum absolute atomic E-state index is 0.112. The van der Waals surface area contributed by atoms with Crippen LogP contribution in [-0.2, 0) is 11.2 Å². The predicted octanol–water partition coefficient (Wildman–Crippen LogP) is 3.30. The van der Waals surface area contributed by atoms with Crippen LogP contribution in [0.2, 0.25) is 0 Å². The Morgan fingerprint density at radius 2 is 1.88 bits per heavy atom. The monoisotopic (exact) mass is 394 g/mol. The van der Waals surface area contributed by atoms with E-state index < -0.39 is 0 Å². The number of hydrogen-bond donors (Lipinski definition) is 1. The lowest BCUT2D eigenvalue weighted by Gasteiger charge is -2.09. The van der Waals surface area contributed by atoms with Gasteiger partial charge in [-0.25, -0.2) is 9.82 Å². The Kier molecular flexibility index (Phi) is 6.31. The third-order valence-corrected chi connectivity index (χ3v) is 3.79. The van der Waals surface area contributed by atoms with Crippen molar-refractivity contribution < 1.29 is 18.7 Å². The molecule has 0 unspecified atom stereocenters. The summed E-state index contributed by atoms with van der Waals surface area (Å²) < 4.78 is 24.0. The summed E-state index contributed by atoms with van der Waals surface area (Å²) >= 11 is 3.38. The highest BCUT2D eigenvalue weighted by Gasteiger charge is 2.08. The van der Waals surface area contributed by atoms with Crippen LogP contribution in [-0.4, -0.2) is 26.3 Å². The zero-order chi connectivity index (χ0) is 17.5. The number of methoxy groups -OCH3 is 2. The molecule has 1 N–H and O–H groups in total. The standard InChI is InChI=1S/C17H16BrFN2O3/c1-23-15-9-16(24-2)14(18)8-12(15)10-20-21-17(22)7-11-3-5-13(19)6-4-11/h3-6,8-10H,7H2,1-2H3,(H,21,22)/b20-10+. The molecule has 0 bridgehead atoms. The molecule has 0 aliphatic rings. The molecule has 0 aromatic heterocycles. The molecule has 0 radical (unpaired) electrons. The van der Waals surface area contributed by atoms with E-state index in [1.54, 1.807) is 31.4 Å². The third kappa shape index (κ3) is 4.79. The Morgan fingerprint density at radius 1 is 1.21 bits per heavy atom. The smallest absolute Gasteiger partial charge is 0.244 e. The lowest BCUT2D eigenvalue weighted by Crippen LogP contribution is -2.19. The molecule has 0 heterocycles. The van der Waals surface area contributed by atoms with Gasteiger partial charge in [-0.2, -0.15) is 5.10 Å². The summed E-state index contributed by atoms with van der Waals surface area (Å²) in [5.74, 6) is 0.551. The second-order valence-corrected chi connectivity index (χ2v) is 5.68. The Balaban J connectivity index is 2.01. The molecule has 24 heavy (non-hydrogen) atoms. The molecule has 5 nitrogen and oxygen atoms in total. The van der Waals surface area contributed by atoms with E-state index in [1.807, 2.05) is 0 Å². The number of benzene rings is 2. The first-order valence-corrected chi connectivity index (χ1v) is 7.80. The van der Waals surface area contributed by atoms with Crippen molar-refractivity contribution in [2.24, 2.45) is 5.10 Å². The van der Waals surface area contributed by atoms with Gasteiger partial charge in [0.15, 0.2) is 0 Å². The highest BCUT2D eigenvalue weighted by molar-refractivity contribution is 9.10. The number of hydrogen-bond acceptors (Lipinski definition) is 4. The molecule has 126 valence electrons. The first-order chi connectivity index (χ1) is 11.5. The second kappa shape index (κ2) is 8.44. The Hall–Kier alpha value is -2.41. The summed E-state index contributed by atoms with van der Waals surface area (Å²) in [6.45, 7) is 0. The highest BCUT2D eigenvalue weighted by atomic mass is 79.9. The molecule has 0 atom stereocenters. The summed E-state index contributed by atoms with van der Waals surface area (Å²) in [4.78, 5) is 11.8. The van der Waals surface area contributed by atoms with Crippen LogP contribution in [0.3, 0.4) is 0 Å². The molecule has 2 rings (SSSR count). The maximum atomic E-state index is 12.8. The van der Waals surface area contributed by atoms with E-state index in [9.17, 15) is 9.18 Å². The van der Waals surface area contributed by atoms with E-state index in [-0.39, 0.29) is 18.1 Å². The molecule has 2 aromatic carbocycles. The maximum absolute atomic E-state index is 12.8. The number of carbonyl (C=O) groups is 1. The van der Waals surface area contributed by atoms with Crippen molar-refractivity contribution in [1.82, 2.24) is 5.43 Å². The van der Waals surface area contributed by atoms with Gasteiger partial charge < -0.3 is 9.47 Å². The fourth-order valence-corrected chi connectivity index (χ4v) is 2.51. The minimum atomic E-state index is -0.339. The maximum Gasteiger partial charge on any atom is 0.244 e. The topological polar surface area (TPSA) is 59.9 Å². The number of amides is 1. The van der Waals surface area contributed by atoms with Gasteiger partial charge in [-0.05, 0) is 39.7 Å². The normalized spacial score (nSPS) is 10.7. The van der Waals surface area contributed by atoms with E-state index in [1.165, 1.54) is 25.5 Å². The average molecular weight is 395 g/mol. The van der Waals surface area contributed by atoms with Gasteiger partial charge >= 0.3 is 0 Å². The van der Waals surface area contributed by atoms with Gasteiger partial charge in [-0.1, -0.05) is 12.1 Å². The van der Waals surface area contributed by atoms with Crippen molar-refractivity contribution >= 4 is 28.1 Å². The molecule has 0 aliphatic carbocycles. The van der Waals surface area contributed by atoms with Gasteiger partial charge in [0.2, 0.25) is 5.91 Å². The molecule has 0 saturated carbocycles. The first-order valence-electron chi connectivity index (χ1n) is 7.01. The van der Waals surface area contributed by atoms with Crippen LogP contribution in [0.15, 0.2) is 46.0 Å². The van der Waals surface area contributed by atoms with Crippen LogP contribution in [0.1, 0.15) is 11.1 Å².